The van der Waals surface area contributed by atoms with Gasteiger partial charge in [-0.25, -0.2) is 0 Å². The van der Waals surface area contributed by atoms with Crippen LogP contribution < -0.4 is 10.2 Å². The largest absolute Gasteiger partial charge is 0.368 e. The summed E-state index contributed by atoms with van der Waals surface area (Å²) in [5, 5.41) is 3.29. The van der Waals surface area contributed by atoms with Gasteiger partial charge in [0.15, 0.2) is 0 Å². The van der Waals surface area contributed by atoms with Gasteiger partial charge in [-0.05, 0) is 60.4 Å². The third-order valence-electron chi connectivity index (χ3n) is 4.62. The predicted molar refractivity (Wildman–Crippen MR) is 88.4 cm³/mol. The van der Waals surface area contributed by atoms with E-state index in [0.29, 0.717) is 6.04 Å². The Labute approximate surface area is 130 Å². The molecule has 1 heterocycles. The van der Waals surface area contributed by atoms with Crippen LogP contribution in [0.4, 0.5) is 5.69 Å². The molecule has 0 spiro atoms. The van der Waals surface area contributed by atoms with Crippen molar-refractivity contribution >= 4 is 21.6 Å². The van der Waals surface area contributed by atoms with Gasteiger partial charge >= 0.3 is 0 Å². The van der Waals surface area contributed by atoms with E-state index in [1.54, 1.807) is 0 Å². The minimum absolute atomic E-state index is 0.395. The predicted octanol–water partition coefficient (Wildman–Crippen LogP) is 3.01. The highest BCUT2D eigenvalue weighted by atomic mass is 79.9. The molecule has 1 saturated heterocycles. The Bertz CT molecular complexity index is 465. The zero-order valence-electron chi connectivity index (χ0n) is 12.4. The van der Waals surface area contributed by atoms with E-state index in [9.17, 15) is 0 Å². The quantitative estimate of drug-likeness (QED) is 0.911. The molecule has 3 rings (SSSR count). The average Bonchev–Trinajstić information content (AvgIpc) is 3.31. The Morgan fingerprint density at radius 2 is 1.90 bits per heavy atom. The highest BCUT2D eigenvalue weighted by molar-refractivity contribution is 9.10. The Morgan fingerprint density at radius 3 is 2.45 bits per heavy atom. The molecule has 110 valence electrons. The number of nitrogens with zero attached hydrogens (tertiary/aromatic N) is 2. The van der Waals surface area contributed by atoms with E-state index in [0.717, 1.165) is 19.1 Å². The fourth-order valence-electron chi connectivity index (χ4n) is 2.98. The van der Waals surface area contributed by atoms with Crippen molar-refractivity contribution in [1.82, 2.24) is 10.2 Å². The molecule has 1 aromatic rings. The zero-order chi connectivity index (χ0) is 14.1. The average molecular weight is 338 g/mol. The van der Waals surface area contributed by atoms with Gasteiger partial charge in [0.05, 0.1) is 5.69 Å². The van der Waals surface area contributed by atoms with Crippen LogP contribution >= 0.6 is 15.9 Å². The standard InChI is InChI=1S/C16H24BrN3/c1-12(18-2)13-3-6-16(15(17)11-13)20-9-7-19(8-10-20)14-4-5-14/h3,6,11-12,14,18H,4-5,7-10H2,1-2H3. The maximum Gasteiger partial charge on any atom is 0.0511 e. The summed E-state index contributed by atoms with van der Waals surface area (Å²) in [7, 11) is 2.00. The molecule has 1 N–H and O–H groups in total. The smallest absolute Gasteiger partial charge is 0.0511 e. The molecule has 2 aliphatic rings. The third-order valence-corrected chi connectivity index (χ3v) is 5.26. The summed E-state index contributed by atoms with van der Waals surface area (Å²) in [6.07, 6.45) is 2.83. The van der Waals surface area contributed by atoms with E-state index in [2.05, 4.69) is 56.2 Å². The number of rotatable bonds is 4. The first-order valence-corrected chi connectivity index (χ1v) is 8.44. The molecule has 0 bridgehead atoms. The maximum atomic E-state index is 3.75. The van der Waals surface area contributed by atoms with Crippen molar-refractivity contribution in [3.63, 3.8) is 0 Å². The van der Waals surface area contributed by atoms with Crippen molar-refractivity contribution in [1.29, 1.82) is 0 Å². The van der Waals surface area contributed by atoms with Crippen LogP contribution in [-0.2, 0) is 0 Å². The van der Waals surface area contributed by atoms with E-state index in [-0.39, 0.29) is 0 Å². The van der Waals surface area contributed by atoms with E-state index in [4.69, 9.17) is 0 Å². The molecule has 1 aliphatic heterocycles. The van der Waals surface area contributed by atoms with Crippen molar-refractivity contribution in [3.8, 4) is 0 Å². The van der Waals surface area contributed by atoms with Crippen LogP contribution in [0.1, 0.15) is 31.4 Å². The second-order valence-corrected chi connectivity index (χ2v) is 6.83. The SMILES string of the molecule is CNC(C)c1ccc(N2CCN(C3CC3)CC2)c(Br)c1. The van der Waals surface area contributed by atoms with Crippen LogP contribution in [0.3, 0.4) is 0 Å². The second kappa shape index (κ2) is 6.04. The summed E-state index contributed by atoms with van der Waals surface area (Å²) in [4.78, 5) is 5.17. The molecule has 4 heteroatoms. The Hall–Kier alpha value is -0.580. The van der Waals surface area contributed by atoms with Gasteiger partial charge in [-0.1, -0.05) is 6.07 Å². The first kappa shape index (κ1) is 14.4. The molecular formula is C16H24BrN3. The topological polar surface area (TPSA) is 18.5 Å². The monoisotopic (exact) mass is 337 g/mol. The molecule has 3 nitrogen and oxygen atoms in total. The van der Waals surface area contributed by atoms with Crippen LogP contribution in [0.5, 0.6) is 0 Å². The Balaban J connectivity index is 1.67. The molecule has 0 amide bonds. The Morgan fingerprint density at radius 1 is 1.20 bits per heavy atom. The molecule has 1 unspecified atom stereocenters. The number of hydrogen-bond donors (Lipinski definition) is 1. The van der Waals surface area contributed by atoms with Gasteiger partial charge < -0.3 is 10.2 Å². The van der Waals surface area contributed by atoms with Crippen molar-refractivity contribution in [3.05, 3.63) is 28.2 Å². The molecule has 1 atom stereocenters. The van der Waals surface area contributed by atoms with Gasteiger partial charge in [0, 0.05) is 42.7 Å². The van der Waals surface area contributed by atoms with Crippen LogP contribution in [0, 0.1) is 0 Å². The first-order valence-electron chi connectivity index (χ1n) is 7.64. The van der Waals surface area contributed by atoms with Gasteiger partial charge in [0.2, 0.25) is 0 Å². The van der Waals surface area contributed by atoms with Gasteiger partial charge in [-0.2, -0.15) is 0 Å². The van der Waals surface area contributed by atoms with E-state index >= 15 is 0 Å². The van der Waals surface area contributed by atoms with Gasteiger partial charge in [-0.15, -0.1) is 0 Å². The number of halogens is 1. The lowest BCUT2D eigenvalue weighted by molar-refractivity contribution is 0.248. The van der Waals surface area contributed by atoms with E-state index in [1.807, 2.05) is 7.05 Å². The fraction of sp³-hybridized carbons (Fsp3) is 0.625. The lowest BCUT2D eigenvalue weighted by Gasteiger charge is -2.36. The van der Waals surface area contributed by atoms with Gasteiger partial charge in [0.1, 0.15) is 0 Å². The molecule has 0 aromatic heterocycles. The summed E-state index contributed by atoms with van der Waals surface area (Å²) in [6.45, 7) is 6.92. The van der Waals surface area contributed by atoms with Gasteiger partial charge in [-0.3, -0.25) is 4.90 Å². The van der Waals surface area contributed by atoms with Crippen LogP contribution in [0.15, 0.2) is 22.7 Å². The number of nitrogens with one attached hydrogen (secondary N) is 1. The zero-order valence-corrected chi connectivity index (χ0v) is 14.0. The molecule has 20 heavy (non-hydrogen) atoms. The molecule has 2 fully saturated rings. The molecule has 0 radical (unpaired) electrons. The summed E-state index contributed by atoms with van der Waals surface area (Å²) in [5.41, 5.74) is 2.67. The number of hydrogen-bond acceptors (Lipinski definition) is 3. The lowest BCUT2D eigenvalue weighted by atomic mass is 10.1. The minimum Gasteiger partial charge on any atom is -0.368 e. The Kier molecular flexibility index (Phi) is 4.34. The maximum absolute atomic E-state index is 3.75. The lowest BCUT2D eigenvalue weighted by Crippen LogP contribution is -2.47. The second-order valence-electron chi connectivity index (χ2n) is 5.98. The third kappa shape index (κ3) is 3.02. The van der Waals surface area contributed by atoms with Gasteiger partial charge in [0.25, 0.3) is 0 Å². The molecule has 1 aliphatic carbocycles. The highest BCUT2D eigenvalue weighted by Crippen LogP contribution is 2.32. The van der Waals surface area contributed by atoms with Crippen molar-refractivity contribution in [2.24, 2.45) is 0 Å². The number of piperazine rings is 1. The number of benzene rings is 1. The summed E-state index contributed by atoms with van der Waals surface area (Å²) in [5.74, 6) is 0. The molecule has 1 saturated carbocycles. The minimum atomic E-state index is 0.395. The molecule has 1 aromatic carbocycles. The van der Waals surface area contributed by atoms with E-state index in [1.165, 1.54) is 41.7 Å². The molecular weight excluding hydrogens is 314 g/mol. The highest BCUT2D eigenvalue weighted by Gasteiger charge is 2.31. The van der Waals surface area contributed by atoms with Crippen molar-refractivity contribution < 1.29 is 0 Å². The summed E-state index contributed by atoms with van der Waals surface area (Å²) in [6, 6.07) is 8.06. The van der Waals surface area contributed by atoms with Crippen LogP contribution in [0.25, 0.3) is 0 Å². The summed E-state index contributed by atoms with van der Waals surface area (Å²) >= 11 is 3.75. The van der Waals surface area contributed by atoms with Crippen LogP contribution in [0.2, 0.25) is 0 Å². The normalized spacial score (nSPS) is 22.1. The van der Waals surface area contributed by atoms with Crippen LogP contribution in [-0.4, -0.2) is 44.2 Å². The van der Waals surface area contributed by atoms with Crippen molar-refractivity contribution in [2.45, 2.75) is 31.8 Å². The van der Waals surface area contributed by atoms with Crippen molar-refractivity contribution in [2.75, 3.05) is 38.1 Å². The van der Waals surface area contributed by atoms with E-state index < -0.39 is 0 Å². The summed E-state index contributed by atoms with van der Waals surface area (Å²) < 4.78 is 1.22. The fourth-order valence-corrected chi connectivity index (χ4v) is 3.63. The first-order chi connectivity index (χ1) is 9.69. The number of anilines is 1.